The van der Waals surface area contributed by atoms with Gasteiger partial charge in [-0.25, -0.2) is 18.2 Å². The molecule has 0 radical (unpaired) electrons. The summed E-state index contributed by atoms with van der Waals surface area (Å²) in [5, 5.41) is 2.91. The molecule has 0 aliphatic carbocycles. The van der Waals surface area contributed by atoms with Crippen molar-refractivity contribution in [3.63, 3.8) is 0 Å². The van der Waals surface area contributed by atoms with E-state index in [0.29, 0.717) is 34.4 Å². The van der Waals surface area contributed by atoms with E-state index in [2.05, 4.69) is 15.0 Å². The van der Waals surface area contributed by atoms with E-state index in [4.69, 9.17) is 0 Å². The maximum absolute atomic E-state index is 12.1. The second kappa shape index (κ2) is 8.11. The number of thiazole rings is 1. The summed E-state index contributed by atoms with van der Waals surface area (Å²) in [6.07, 6.45) is 3.58. The zero-order chi connectivity index (χ0) is 20.3. The van der Waals surface area contributed by atoms with Gasteiger partial charge >= 0.3 is 5.97 Å². The average molecular weight is 422 g/mol. The van der Waals surface area contributed by atoms with Crippen molar-refractivity contribution >= 4 is 50.1 Å². The second-order valence-corrected chi connectivity index (χ2v) is 9.09. The Kier molecular flexibility index (Phi) is 5.80. The first-order valence-electron chi connectivity index (χ1n) is 8.45. The molecule has 2 heterocycles. The molecule has 1 aromatic carbocycles. The largest absolute Gasteiger partial charge is 0.465 e. The molecule has 0 atom stereocenters. The molecule has 0 spiro atoms. The molecule has 1 aromatic heterocycles. The first-order chi connectivity index (χ1) is 13.3. The third kappa shape index (κ3) is 4.39. The van der Waals surface area contributed by atoms with E-state index in [-0.39, 0.29) is 5.75 Å². The summed E-state index contributed by atoms with van der Waals surface area (Å²) in [6.45, 7) is 2.15. The van der Waals surface area contributed by atoms with Crippen LogP contribution < -0.4 is 9.62 Å². The van der Waals surface area contributed by atoms with Crippen LogP contribution in [0.5, 0.6) is 0 Å². The van der Waals surface area contributed by atoms with Crippen molar-refractivity contribution in [3.05, 3.63) is 46.5 Å². The number of nitrogens with zero attached hydrogens (tertiary/aromatic N) is 2. The minimum atomic E-state index is -3.21. The lowest BCUT2D eigenvalue weighted by molar-refractivity contribution is -0.111. The molecule has 28 heavy (non-hydrogen) atoms. The minimum Gasteiger partial charge on any atom is -0.465 e. The molecule has 0 bridgehead atoms. The molecule has 2 aromatic rings. The molecule has 10 heteroatoms. The number of benzene rings is 1. The van der Waals surface area contributed by atoms with Gasteiger partial charge in [-0.15, -0.1) is 0 Å². The van der Waals surface area contributed by atoms with Crippen molar-refractivity contribution in [2.24, 2.45) is 0 Å². The van der Waals surface area contributed by atoms with Crippen molar-refractivity contribution in [2.75, 3.05) is 29.0 Å². The maximum atomic E-state index is 12.1. The SMILES string of the molecule is COC(=O)c1sc(NC(=O)/C=C/c2ccc(N3CCCS3(=O)=O)cc2)nc1C. The number of rotatable bonds is 5. The van der Waals surface area contributed by atoms with E-state index >= 15 is 0 Å². The van der Waals surface area contributed by atoms with Crippen LogP contribution in [0.15, 0.2) is 30.3 Å². The standard InChI is InChI=1S/C18H19N3O5S2/c1-12-16(17(23)26-2)27-18(19-12)20-15(22)9-6-13-4-7-14(8-5-13)21-10-3-11-28(21,24)25/h4-9H,3,10-11H2,1-2H3,(H,19,20,22)/b9-6+. The number of carbonyl (C=O) groups is 2. The van der Waals surface area contributed by atoms with E-state index in [1.54, 1.807) is 37.3 Å². The van der Waals surface area contributed by atoms with Crippen LogP contribution in [0.3, 0.4) is 0 Å². The lowest BCUT2D eigenvalue weighted by atomic mass is 10.2. The topological polar surface area (TPSA) is 106 Å². The predicted octanol–water partition coefficient (Wildman–Crippen LogP) is 2.43. The van der Waals surface area contributed by atoms with Gasteiger partial charge in [-0.05, 0) is 37.1 Å². The smallest absolute Gasteiger partial charge is 0.350 e. The predicted molar refractivity (Wildman–Crippen MR) is 108 cm³/mol. The van der Waals surface area contributed by atoms with Gasteiger partial charge in [0.1, 0.15) is 4.88 Å². The molecule has 1 aliphatic rings. The Morgan fingerprint density at radius 3 is 2.61 bits per heavy atom. The molecule has 3 rings (SSSR count). The van der Waals surface area contributed by atoms with Crippen molar-refractivity contribution in [2.45, 2.75) is 13.3 Å². The van der Waals surface area contributed by atoms with Gasteiger partial charge < -0.3 is 4.74 Å². The van der Waals surface area contributed by atoms with Crippen LogP contribution in [0.1, 0.15) is 27.3 Å². The molecular weight excluding hydrogens is 402 g/mol. The number of esters is 1. The fourth-order valence-electron chi connectivity index (χ4n) is 2.73. The van der Waals surface area contributed by atoms with Gasteiger partial charge in [0.2, 0.25) is 15.9 Å². The molecule has 1 N–H and O–H groups in total. The summed E-state index contributed by atoms with van der Waals surface area (Å²) in [7, 11) is -1.93. The Morgan fingerprint density at radius 1 is 1.29 bits per heavy atom. The number of sulfonamides is 1. The van der Waals surface area contributed by atoms with Gasteiger partial charge in [-0.1, -0.05) is 23.5 Å². The van der Waals surface area contributed by atoms with Crippen LogP contribution in [-0.2, 0) is 19.6 Å². The third-order valence-electron chi connectivity index (χ3n) is 4.11. The highest BCUT2D eigenvalue weighted by atomic mass is 32.2. The summed E-state index contributed by atoms with van der Waals surface area (Å²) < 4.78 is 30.0. The Hall–Kier alpha value is -2.72. The molecule has 0 unspecified atom stereocenters. The number of hydrogen-bond donors (Lipinski definition) is 1. The Balaban J connectivity index is 1.64. The number of carbonyl (C=O) groups excluding carboxylic acids is 2. The number of anilines is 2. The van der Waals surface area contributed by atoms with E-state index in [1.165, 1.54) is 17.5 Å². The Labute approximate surface area is 166 Å². The number of ether oxygens (including phenoxy) is 1. The van der Waals surface area contributed by atoms with E-state index in [0.717, 1.165) is 16.9 Å². The number of aromatic nitrogens is 1. The first kappa shape index (κ1) is 20.0. The van der Waals surface area contributed by atoms with Crippen molar-refractivity contribution in [3.8, 4) is 0 Å². The van der Waals surface area contributed by atoms with Crippen molar-refractivity contribution < 1.29 is 22.7 Å². The fourth-order valence-corrected chi connectivity index (χ4v) is 5.18. The third-order valence-corrected chi connectivity index (χ3v) is 7.03. The van der Waals surface area contributed by atoms with E-state index in [9.17, 15) is 18.0 Å². The van der Waals surface area contributed by atoms with Gasteiger partial charge in [0, 0.05) is 12.6 Å². The van der Waals surface area contributed by atoms with Crippen molar-refractivity contribution in [1.82, 2.24) is 4.98 Å². The summed E-state index contributed by atoms with van der Waals surface area (Å²) in [6, 6.07) is 6.92. The molecule has 1 aliphatic heterocycles. The summed E-state index contributed by atoms with van der Waals surface area (Å²) in [5.41, 5.74) is 1.86. The lowest BCUT2D eigenvalue weighted by Crippen LogP contribution is -2.24. The summed E-state index contributed by atoms with van der Waals surface area (Å²) in [4.78, 5) is 28.1. The number of aryl methyl sites for hydroxylation is 1. The van der Waals surface area contributed by atoms with Crippen LogP contribution in [0.4, 0.5) is 10.8 Å². The Bertz CT molecular complexity index is 1030. The molecule has 1 fully saturated rings. The summed E-state index contributed by atoms with van der Waals surface area (Å²) >= 11 is 1.04. The van der Waals surface area contributed by atoms with E-state index < -0.39 is 21.9 Å². The number of nitrogens with one attached hydrogen (secondary N) is 1. The lowest BCUT2D eigenvalue weighted by Gasteiger charge is -2.16. The minimum absolute atomic E-state index is 0.169. The molecular formula is C18H19N3O5S2. The van der Waals surface area contributed by atoms with Crippen LogP contribution in [0.2, 0.25) is 0 Å². The van der Waals surface area contributed by atoms with Gasteiger partial charge in [-0.2, -0.15) is 0 Å². The van der Waals surface area contributed by atoms with Crippen LogP contribution in [0.25, 0.3) is 6.08 Å². The zero-order valence-corrected chi connectivity index (χ0v) is 17.0. The molecule has 148 valence electrons. The molecule has 1 amide bonds. The number of methoxy groups -OCH3 is 1. The molecule has 8 nitrogen and oxygen atoms in total. The van der Waals surface area contributed by atoms with Gasteiger partial charge in [-0.3, -0.25) is 14.4 Å². The van der Waals surface area contributed by atoms with Gasteiger partial charge in [0.05, 0.1) is 24.2 Å². The maximum Gasteiger partial charge on any atom is 0.350 e. The summed E-state index contributed by atoms with van der Waals surface area (Å²) in [5.74, 6) is -0.717. The molecule has 1 saturated heterocycles. The van der Waals surface area contributed by atoms with Gasteiger partial charge in [0.15, 0.2) is 5.13 Å². The quantitative estimate of drug-likeness (QED) is 0.587. The van der Waals surface area contributed by atoms with Crippen LogP contribution in [-0.4, -0.2) is 44.7 Å². The van der Waals surface area contributed by atoms with Crippen LogP contribution >= 0.6 is 11.3 Å². The molecule has 0 saturated carbocycles. The van der Waals surface area contributed by atoms with Crippen LogP contribution in [0, 0.1) is 6.92 Å². The highest BCUT2D eigenvalue weighted by Crippen LogP contribution is 2.25. The average Bonchev–Trinajstić information content (AvgIpc) is 3.21. The first-order valence-corrected chi connectivity index (χ1v) is 10.9. The monoisotopic (exact) mass is 421 g/mol. The number of hydrogen-bond acceptors (Lipinski definition) is 7. The number of amides is 1. The van der Waals surface area contributed by atoms with Gasteiger partial charge in [0.25, 0.3) is 0 Å². The normalized spacial score (nSPS) is 15.7. The highest BCUT2D eigenvalue weighted by molar-refractivity contribution is 7.93. The van der Waals surface area contributed by atoms with Crippen molar-refractivity contribution in [1.29, 1.82) is 0 Å². The zero-order valence-electron chi connectivity index (χ0n) is 15.3. The highest BCUT2D eigenvalue weighted by Gasteiger charge is 2.28. The van der Waals surface area contributed by atoms with E-state index in [1.807, 2.05) is 0 Å². The Morgan fingerprint density at radius 2 is 2.00 bits per heavy atom. The fraction of sp³-hybridized carbons (Fsp3) is 0.278. The second-order valence-electron chi connectivity index (χ2n) is 6.08.